The maximum atomic E-state index is 13.6. The standard InChI is InChI=1S/C15H26F3NO3/c1-12(2,3)14(21,15(16,17)18)10-8-7-9-19(10)11(20)22-13(4,5)6/h10,21H,7-9H2,1-6H3/t10-,14-/m1/s1. The summed E-state index contributed by atoms with van der Waals surface area (Å²) in [6.45, 7) is 9.07. The van der Waals surface area contributed by atoms with Gasteiger partial charge in [-0.1, -0.05) is 20.8 Å². The summed E-state index contributed by atoms with van der Waals surface area (Å²) in [5, 5.41) is 10.5. The number of aliphatic hydroxyl groups is 1. The summed E-state index contributed by atoms with van der Waals surface area (Å²) in [7, 11) is 0. The lowest BCUT2D eigenvalue weighted by Gasteiger charge is -2.47. The third kappa shape index (κ3) is 3.50. The van der Waals surface area contributed by atoms with Gasteiger partial charge in [0, 0.05) is 12.0 Å². The molecular formula is C15H26F3NO3. The van der Waals surface area contributed by atoms with Crippen molar-refractivity contribution in [3.8, 4) is 0 Å². The van der Waals surface area contributed by atoms with Crippen LogP contribution in [0.2, 0.25) is 0 Å². The molecule has 1 fully saturated rings. The molecule has 0 aromatic carbocycles. The van der Waals surface area contributed by atoms with Crippen LogP contribution in [0.1, 0.15) is 54.4 Å². The Morgan fingerprint density at radius 2 is 1.64 bits per heavy atom. The fourth-order valence-electron chi connectivity index (χ4n) is 2.85. The van der Waals surface area contributed by atoms with Gasteiger partial charge in [-0.15, -0.1) is 0 Å². The van der Waals surface area contributed by atoms with Gasteiger partial charge in [-0.2, -0.15) is 13.2 Å². The molecule has 1 saturated heterocycles. The smallest absolute Gasteiger partial charge is 0.419 e. The fourth-order valence-corrected chi connectivity index (χ4v) is 2.85. The SMILES string of the molecule is CC(C)(C)OC(=O)N1CCC[C@@H]1[C@@](O)(C(C)(C)C)C(F)(F)F. The molecule has 1 amide bonds. The van der Waals surface area contributed by atoms with E-state index in [0.717, 1.165) is 4.90 Å². The number of nitrogens with zero attached hydrogens (tertiary/aromatic N) is 1. The second kappa shape index (κ2) is 5.58. The number of halogens is 3. The van der Waals surface area contributed by atoms with Crippen LogP contribution in [-0.2, 0) is 4.74 Å². The highest BCUT2D eigenvalue weighted by molar-refractivity contribution is 5.69. The van der Waals surface area contributed by atoms with Crippen LogP contribution in [0.15, 0.2) is 0 Å². The Morgan fingerprint density at radius 1 is 1.14 bits per heavy atom. The average Bonchev–Trinajstić information content (AvgIpc) is 2.70. The molecule has 0 bridgehead atoms. The molecule has 0 aromatic rings. The van der Waals surface area contributed by atoms with Crippen LogP contribution in [0.5, 0.6) is 0 Å². The van der Waals surface area contributed by atoms with E-state index in [4.69, 9.17) is 4.74 Å². The van der Waals surface area contributed by atoms with Crippen LogP contribution in [0, 0.1) is 5.41 Å². The quantitative estimate of drug-likeness (QED) is 0.799. The molecule has 0 spiro atoms. The molecule has 2 atom stereocenters. The van der Waals surface area contributed by atoms with E-state index in [1.54, 1.807) is 20.8 Å². The molecule has 1 aliphatic heterocycles. The number of hydrogen-bond acceptors (Lipinski definition) is 3. The highest BCUT2D eigenvalue weighted by atomic mass is 19.4. The van der Waals surface area contributed by atoms with Crippen LogP contribution >= 0.6 is 0 Å². The Kier molecular flexibility index (Phi) is 4.84. The Hall–Kier alpha value is -0.980. The lowest BCUT2D eigenvalue weighted by molar-refractivity contribution is -0.311. The number of carbonyl (C=O) groups is 1. The minimum atomic E-state index is -4.85. The Morgan fingerprint density at radius 3 is 2.00 bits per heavy atom. The van der Waals surface area contributed by atoms with Crippen molar-refractivity contribution < 1.29 is 27.8 Å². The molecule has 1 aliphatic rings. The van der Waals surface area contributed by atoms with Gasteiger partial charge in [-0.3, -0.25) is 0 Å². The molecule has 0 saturated carbocycles. The van der Waals surface area contributed by atoms with Crippen LogP contribution in [0.25, 0.3) is 0 Å². The van der Waals surface area contributed by atoms with Gasteiger partial charge in [0.25, 0.3) is 0 Å². The Balaban J connectivity index is 3.18. The molecular weight excluding hydrogens is 299 g/mol. The number of alkyl halides is 3. The highest BCUT2D eigenvalue weighted by Gasteiger charge is 2.67. The van der Waals surface area contributed by atoms with E-state index in [1.165, 1.54) is 20.8 Å². The monoisotopic (exact) mass is 325 g/mol. The fraction of sp³-hybridized carbons (Fsp3) is 0.933. The summed E-state index contributed by atoms with van der Waals surface area (Å²) in [5.74, 6) is 0. The second-order valence-electron chi connectivity index (χ2n) is 7.85. The molecule has 1 N–H and O–H groups in total. The Bertz CT molecular complexity index is 407. The normalized spacial score (nSPS) is 23.4. The molecule has 22 heavy (non-hydrogen) atoms. The zero-order chi connectivity index (χ0) is 17.6. The van der Waals surface area contributed by atoms with Gasteiger partial charge in [-0.05, 0) is 33.6 Å². The Labute approximate surface area is 129 Å². The van der Waals surface area contributed by atoms with Crippen molar-refractivity contribution in [1.29, 1.82) is 0 Å². The van der Waals surface area contributed by atoms with Crippen LogP contribution in [0.3, 0.4) is 0 Å². The topological polar surface area (TPSA) is 49.8 Å². The number of likely N-dealkylation sites (tertiary alicyclic amines) is 1. The minimum absolute atomic E-state index is 0.0898. The largest absolute Gasteiger partial charge is 0.444 e. The number of amides is 1. The molecule has 1 rings (SSSR count). The lowest BCUT2D eigenvalue weighted by atomic mass is 9.70. The van der Waals surface area contributed by atoms with Gasteiger partial charge in [0.05, 0.1) is 6.04 Å². The zero-order valence-electron chi connectivity index (χ0n) is 14.0. The third-order valence-corrected chi connectivity index (χ3v) is 3.94. The van der Waals surface area contributed by atoms with Gasteiger partial charge < -0.3 is 14.7 Å². The molecule has 4 nitrogen and oxygen atoms in total. The van der Waals surface area contributed by atoms with E-state index in [1.807, 2.05) is 0 Å². The van der Waals surface area contributed by atoms with Crippen molar-refractivity contribution in [1.82, 2.24) is 4.90 Å². The van der Waals surface area contributed by atoms with Gasteiger partial charge >= 0.3 is 12.3 Å². The number of carbonyl (C=O) groups excluding carboxylic acids is 1. The first-order valence-electron chi connectivity index (χ1n) is 7.40. The van der Waals surface area contributed by atoms with E-state index in [0.29, 0.717) is 6.42 Å². The third-order valence-electron chi connectivity index (χ3n) is 3.94. The predicted octanol–water partition coefficient (Wildman–Crippen LogP) is 3.73. The van der Waals surface area contributed by atoms with Crippen molar-refractivity contribution in [3.63, 3.8) is 0 Å². The van der Waals surface area contributed by atoms with Crippen molar-refractivity contribution >= 4 is 6.09 Å². The zero-order valence-corrected chi connectivity index (χ0v) is 14.0. The molecule has 0 aromatic heterocycles. The summed E-state index contributed by atoms with van der Waals surface area (Å²) in [5.41, 5.74) is -5.27. The van der Waals surface area contributed by atoms with E-state index in [9.17, 15) is 23.1 Å². The summed E-state index contributed by atoms with van der Waals surface area (Å²) in [4.78, 5) is 13.2. The van der Waals surface area contributed by atoms with E-state index in [-0.39, 0.29) is 13.0 Å². The molecule has 0 aliphatic carbocycles. The maximum absolute atomic E-state index is 13.6. The van der Waals surface area contributed by atoms with Gasteiger partial charge in [0.2, 0.25) is 0 Å². The molecule has 0 radical (unpaired) electrons. The van der Waals surface area contributed by atoms with Crippen LogP contribution in [0.4, 0.5) is 18.0 Å². The predicted molar refractivity (Wildman–Crippen MR) is 76.4 cm³/mol. The summed E-state index contributed by atoms with van der Waals surface area (Å²) < 4.78 is 46.0. The molecule has 130 valence electrons. The summed E-state index contributed by atoms with van der Waals surface area (Å²) >= 11 is 0. The van der Waals surface area contributed by atoms with Crippen molar-refractivity contribution in [2.75, 3.05) is 6.54 Å². The first kappa shape index (κ1) is 19.1. The summed E-state index contributed by atoms with van der Waals surface area (Å²) in [6.07, 6.45) is -5.17. The lowest BCUT2D eigenvalue weighted by Crippen LogP contribution is -2.66. The van der Waals surface area contributed by atoms with Crippen LogP contribution < -0.4 is 0 Å². The molecule has 0 unspecified atom stereocenters. The average molecular weight is 325 g/mol. The van der Waals surface area contributed by atoms with Crippen molar-refractivity contribution in [2.45, 2.75) is 77.8 Å². The van der Waals surface area contributed by atoms with Crippen molar-refractivity contribution in [3.05, 3.63) is 0 Å². The minimum Gasteiger partial charge on any atom is -0.444 e. The summed E-state index contributed by atoms with van der Waals surface area (Å²) in [6, 6.07) is -1.35. The molecule has 7 heteroatoms. The van der Waals surface area contributed by atoms with Gasteiger partial charge in [-0.25, -0.2) is 4.79 Å². The number of rotatable bonds is 1. The molecule has 1 heterocycles. The second-order valence-corrected chi connectivity index (χ2v) is 7.85. The first-order valence-corrected chi connectivity index (χ1v) is 7.40. The van der Waals surface area contributed by atoms with E-state index in [2.05, 4.69) is 0 Å². The van der Waals surface area contributed by atoms with Crippen molar-refractivity contribution in [2.24, 2.45) is 5.41 Å². The first-order chi connectivity index (χ1) is 9.61. The maximum Gasteiger partial charge on any atom is 0.419 e. The number of ether oxygens (including phenoxy) is 1. The van der Waals surface area contributed by atoms with Gasteiger partial charge in [0.15, 0.2) is 5.60 Å². The highest BCUT2D eigenvalue weighted by Crippen LogP contribution is 2.49. The number of hydrogen-bond donors (Lipinski definition) is 1. The van der Waals surface area contributed by atoms with Crippen LogP contribution in [-0.4, -0.2) is 46.1 Å². The van der Waals surface area contributed by atoms with E-state index < -0.39 is 34.9 Å². The van der Waals surface area contributed by atoms with E-state index >= 15 is 0 Å². The van der Waals surface area contributed by atoms with Gasteiger partial charge in [0.1, 0.15) is 5.60 Å².